The van der Waals surface area contributed by atoms with Gasteiger partial charge < -0.3 is 5.11 Å². The summed E-state index contributed by atoms with van der Waals surface area (Å²) in [5.74, 6) is 0.415. The fraction of sp³-hybridized carbons (Fsp3) is 0.400. The second-order valence-corrected chi connectivity index (χ2v) is 7.97. The van der Waals surface area contributed by atoms with Gasteiger partial charge in [-0.3, -0.25) is 4.90 Å². The average molecular weight is 327 g/mol. The molecule has 23 heavy (non-hydrogen) atoms. The average Bonchev–Trinajstić information content (AvgIpc) is 2.54. The molecule has 1 saturated heterocycles. The number of benzene rings is 2. The lowest BCUT2D eigenvalue weighted by atomic mass is 10.1. The number of hydrogen-bond acceptors (Lipinski definition) is 2. The SMILES string of the molecule is Cc1ccc(Pc2cc(C)ccc2O)c(CN2CCCCC2)c1. The molecule has 122 valence electrons. The predicted molar refractivity (Wildman–Crippen MR) is 101 cm³/mol. The normalized spacial score (nSPS) is 16.3. The third kappa shape index (κ3) is 4.34. The van der Waals surface area contributed by atoms with Gasteiger partial charge >= 0.3 is 0 Å². The maximum atomic E-state index is 10.2. The van der Waals surface area contributed by atoms with Crippen LogP contribution in [0.1, 0.15) is 36.0 Å². The number of rotatable bonds is 4. The first-order valence-corrected chi connectivity index (χ1v) is 9.50. The standard InChI is InChI=1S/C20H26NOP/c1-15-7-9-19(23-20-13-16(2)6-8-18(20)22)17(12-15)14-21-10-4-3-5-11-21/h6-9,12-13,22-23H,3-5,10-11,14H2,1-2H3. The van der Waals surface area contributed by atoms with Crippen molar-refractivity contribution in [3.05, 3.63) is 53.1 Å². The molecule has 0 bridgehead atoms. The van der Waals surface area contributed by atoms with Gasteiger partial charge in [0.05, 0.1) is 0 Å². The van der Waals surface area contributed by atoms with Crippen LogP contribution >= 0.6 is 8.58 Å². The zero-order valence-electron chi connectivity index (χ0n) is 14.1. The van der Waals surface area contributed by atoms with E-state index in [1.54, 1.807) is 0 Å². The van der Waals surface area contributed by atoms with E-state index in [-0.39, 0.29) is 0 Å². The van der Waals surface area contributed by atoms with E-state index in [0.29, 0.717) is 14.3 Å². The van der Waals surface area contributed by atoms with Crippen molar-refractivity contribution in [1.29, 1.82) is 0 Å². The van der Waals surface area contributed by atoms with E-state index in [2.05, 4.69) is 43.0 Å². The summed E-state index contributed by atoms with van der Waals surface area (Å²) < 4.78 is 0. The summed E-state index contributed by atoms with van der Waals surface area (Å²) in [6.07, 6.45) is 4.01. The molecule has 1 N–H and O–H groups in total. The van der Waals surface area contributed by atoms with Crippen molar-refractivity contribution in [2.45, 2.75) is 39.7 Å². The lowest BCUT2D eigenvalue weighted by Gasteiger charge is -2.27. The van der Waals surface area contributed by atoms with Crippen LogP contribution in [0.4, 0.5) is 0 Å². The van der Waals surface area contributed by atoms with Gasteiger partial charge in [0.2, 0.25) is 0 Å². The molecule has 0 radical (unpaired) electrons. The van der Waals surface area contributed by atoms with Crippen LogP contribution in [0, 0.1) is 13.8 Å². The Morgan fingerprint density at radius 2 is 1.61 bits per heavy atom. The maximum Gasteiger partial charge on any atom is 0.123 e. The Balaban J connectivity index is 1.84. The Morgan fingerprint density at radius 1 is 0.913 bits per heavy atom. The molecular formula is C20H26NOP. The highest BCUT2D eigenvalue weighted by Gasteiger charge is 2.14. The second-order valence-electron chi connectivity index (χ2n) is 6.64. The molecule has 2 aromatic carbocycles. The van der Waals surface area contributed by atoms with Crippen molar-refractivity contribution in [1.82, 2.24) is 4.90 Å². The van der Waals surface area contributed by atoms with E-state index >= 15 is 0 Å². The van der Waals surface area contributed by atoms with Gasteiger partial charge in [0.15, 0.2) is 0 Å². The van der Waals surface area contributed by atoms with Gasteiger partial charge in [0, 0.05) is 11.8 Å². The van der Waals surface area contributed by atoms with E-state index in [0.717, 1.165) is 11.8 Å². The molecule has 2 aromatic rings. The Hall–Kier alpha value is -1.37. The molecule has 1 fully saturated rings. The van der Waals surface area contributed by atoms with Crippen LogP contribution in [0.2, 0.25) is 0 Å². The minimum absolute atomic E-state index is 0.415. The van der Waals surface area contributed by atoms with Crippen LogP contribution in [-0.2, 0) is 6.54 Å². The lowest BCUT2D eigenvalue weighted by Crippen LogP contribution is -2.30. The predicted octanol–water partition coefficient (Wildman–Crippen LogP) is 3.62. The molecule has 3 rings (SSSR count). The second kappa shape index (κ2) is 7.47. The number of phenolic OH excluding ortho intramolecular Hbond substituents is 1. The summed E-state index contributed by atoms with van der Waals surface area (Å²) in [5, 5.41) is 12.6. The first-order valence-electron chi connectivity index (χ1n) is 8.50. The number of aryl methyl sites for hydroxylation is 2. The maximum absolute atomic E-state index is 10.2. The molecule has 0 amide bonds. The molecular weight excluding hydrogens is 301 g/mol. The lowest BCUT2D eigenvalue weighted by molar-refractivity contribution is 0.221. The molecule has 0 spiro atoms. The third-order valence-electron chi connectivity index (χ3n) is 4.52. The van der Waals surface area contributed by atoms with Crippen LogP contribution in [-0.4, -0.2) is 23.1 Å². The van der Waals surface area contributed by atoms with Crippen molar-refractivity contribution >= 4 is 19.2 Å². The van der Waals surface area contributed by atoms with Gasteiger partial charge in [-0.15, -0.1) is 0 Å². The van der Waals surface area contributed by atoms with Gasteiger partial charge in [0.25, 0.3) is 0 Å². The summed E-state index contributed by atoms with van der Waals surface area (Å²) >= 11 is 0. The molecule has 3 heteroatoms. The smallest absolute Gasteiger partial charge is 0.123 e. The summed E-state index contributed by atoms with van der Waals surface area (Å²) in [7, 11) is 0.512. The van der Waals surface area contributed by atoms with Gasteiger partial charge in [0.1, 0.15) is 5.75 Å². The van der Waals surface area contributed by atoms with Crippen LogP contribution in [0.3, 0.4) is 0 Å². The first kappa shape index (κ1) is 16.5. The minimum atomic E-state index is 0.415. The number of aromatic hydroxyl groups is 1. The largest absolute Gasteiger partial charge is 0.507 e. The van der Waals surface area contributed by atoms with E-state index in [1.165, 1.54) is 54.3 Å². The van der Waals surface area contributed by atoms with Crippen molar-refractivity contribution < 1.29 is 5.11 Å². The number of nitrogens with zero attached hydrogens (tertiary/aromatic N) is 1. The van der Waals surface area contributed by atoms with Gasteiger partial charge in [-0.2, -0.15) is 0 Å². The highest BCUT2D eigenvalue weighted by Crippen LogP contribution is 2.23. The van der Waals surface area contributed by atoms with Crippen molar-refractivity contribution in [3.63, 3.8) is 0 Å². The molecule has 1 aliphatic heterocycles. The van der Waals surface area contributed by atoms with E-state index in [9.17, 15) is 5.11 Å². The molecule has 0 aromatic heterocycles. The fourth-order valence-electron chi connectivity index (χ4n) is 3.23. The van der Waals surface area contributed by atoms with Gasteiger partial charge in [-0.1, -0.05) is 50.4 Å². The molecule has 2 nitrogen and oxygen atoms in total. The monoisotopic (exact) mass is 327 g/mol. The van der Waals surface area contributed by atoms with Gasteiger partial charge in [-0.25, -0.2) is 0 Å². The third-order valence-corrected chi connectivity index (χ3v) is 5.95. The zero-order valence-corrected chi connectivity index (χ0v) is 15.1. The van der Waals surface area contributed by atoms with Crippen molar-refractivity contribution in [2.24, 2.45) is 0 Å². The van der Waals surface area contributed by atoms with Crippen LogP contribution < -0.4 is 10.6 Å². The Kier molecular flexibility index (Phi) is 5.35. The number of phenols is 1. The van der Waals surface area contributed by atoms with Crippen molar-refractivity contribution in [3.8, 4) is 5.75 Å². The highest BCUT2D eigenvalue weighted by molar-refractivity contribution is 7.55. The Morgan fingerprint density at radius 3 is 2.39 bits per heavy atom. The van der Waals surface area contributed by atoms with Crippen LogP contribution in [0.5, 0.6) is 5.75 Å². The van der Waals surface area contributed by atoms with E-state index in [4.69, 9.17) is 0 Å². The molecule has 0 saturated carbocycles. The van der Waals surface area contributed by atoms with E-state index < -0.39 is 0 Å². The quantitative estimate of drug-likeness (QED) is 0.867. The minimum Gasteiger partial charge on any atom is -0.507 e. The molecule has 1 heterocycles. The fourth-order valence-corrected chi connectivity index (χ4v) is 4.51. The topological polar surface area (TPSA) is 23.5 Å². The summed E-state index contributed by atoms with van der Waals surface area (Å²) in [5.41, 5.74) is 3.94. The van der Waals surface area contributed by atoms with Gasteiger partial charge in [-0.05, 0) is 62.8 Å². The zero-order chi connectivity index (χ0) is 16.2. The van der Waals surface area contributed by atoms with Crippen LogP contribution in [0.15, 0.2) is 36.4 Å². The summed E-state index contributed by atoms with van der Waals surface area (Å²) in [4.78, 5) is 2.57. The Labute approximate surface area is 141 Å². The first-order chi connectivity index (χ1) is 11.1. The van der Waals surface area contributed by atoms with E-state index in [1.807, 2.05) is 12.1 Å². The molecule has 1 aliphatic rings. The molecule has 0 aliphatic carbocycles. The number of piperidine rings is 1. The number of hydrogen-bond donors (Lipinski definition) is 1. The summed E-state index contributed by atoms with van der Waals surface area (Å²) in [6, 6.07) is 12.6. The molecule has 1 atom stereocenters. The van der Waals surface area contributed by atoms with Crippen molar-refractivity contribution in [2.75, 3.05) is 13.1 Å². The Bertz CT molecular complexity index is 677. The number of likely N-dealkylation sites (tertiary alicyclic amines) is 1. The molecule has 1 unspecified atom stereocenters. The van der Waals surface area contributed by atoms with Crippen LogP contribution in [0.25, 0.3) is 0 Å². The highest BCUT2D eigenvalue weighted by atomic mass is 31.1. The summed E-state index contributed by atoms with van der Waals surface area (Å²) in [6.45, 7) is 7.71.